The highest BCUT2D eigenvalue weighted by Crippen LogP contribution is 2.28. The Morgan fingerprint density at radius 2 is 2.09 bits per heavy atom. The van der Waals surface area contributed by atoms with Crippen LogP contribution in [0, 0.1) is 0 Å². The Labute approximate surface area is 145 Å². The maximum absolute atomic E-state index is 12.3. The molecule has 1 atom stereocenters. The highest BCUT2D eigenvalue weighted by molar-refractivity contribution is 6.37. The smallest absolute Gasteiger partial charge is 0.340 e. The van der Waals surface area contributed by atoms with Crippen LogP contribution in [0.2, 0.25) is 10.0 Å². The summed E-state index contributed by atoms with van der Waals surface area (Å²) in [5, 5.41) is 0.461. The lowest BCUT2D eigenvalue weighted by molar-refractivity contribution is -0.138. The minimum absolute atomic E-state index is 0.0704. The lowest BCUT2D eigenvalue weighted by Crippen LogP contribution is -2.45. The van der Waals surface area contributed by atoms with Crippen LogP contribution in [0.25, 0.3) is 0 Å². The number of likely N-dealkylation sites (tertiary alicyclic amines) is 1. The van der Waals surface area contributed by atoms with E-state index in [1.54, 1.807) is 4.90 Å². The molecule has 1 fully saturated rings. The minimum Gasteiger partial charge on any atom is -0.452 e. The van der Waals surface area contributed by atoms with Crippen LogP contribution in [0.15, 0.2) is 12.1 Å². The largest absolute Gasteiger partial charge is 0.452 e. The van der Waals surface area contributed by atoms with E-state index in [1.807, 2.05) is 0 Å². The number of nitrogen functional groups attached to an aromatic ring is 1. The fraction of sp³-hybridized carbons (Fsp3) is 0.500. The molecule has 1 aromatic carbocycles. The van der Waals surface area contributed by atoms with Crippen LogP contribution in [0.3, 0.4) is 0 Å². The van der Waals surface area contributed by atoms with Crippen molar-refractivity contribution in [3.8, 4) is 0 Å². The molecule has 1 saturated heterocycles. The average molecular weight is 359 g/mol. The number of nitrogens with two attached hydrogens (primary N) is 1. The molecule has 5 nitrogen and oxygen atoms in total. The summed E-state index contributed by atoms with van der Waals surface area (Å²) in [5.41, 5.74) is 5.92. The summed E-state index contributed by atoms with van der Waals surface area (Å²) in [4.78, 5) is 26.2. The predicted molar refractivity (Wildman–Crippen MR) is 90.8 cm³/mol. The number of esters is 1. The van der Waals surface area contributed by atoms with Crippen LogP contribution in [0.4, 0.5) is 5.69 Å². The molecule has 0 aliphatic carbocycles. The van der Waals surface area contributed by atoms with E-state index in [4.69, 9.17) is 33.7 Å². The molecule has 0 bridgehead atoms. The zero-order chi connectivity index (χ0) is 17.0. The predicted octanol–water partition coefficient (Wildman–Crippen LogP) is 3.52. The number of hydrogen-bond donors (Lipinski definition) is 1. The van der Waals surface area contributed by atoms with Crippen molar-refractivity contribution in [3.05, 3.63) is 27.7 Å². The van der Waals surface area contributed by atoms with Gasteiger partial charge in [0.1, 0.15) is 0 Å². The first-order valence-electron chi connectivity index (χ1n) is 7.65. The SMILES string of the molecule is CC[C@H]1CCCCN1C(=O)COC(=O)c1cc(Cl)cc(Cl)c1N. The van der Waals surface area contributed by atoms with Crippen LogP contribution in [0.5, 0.6) is 0 Å². The quantitative estimate of drug-likeness (QED) is 0.659. The highest BCUT2D eigenvalue weighted by atomic mass is 35.5. The van der Waals surface area contributed by atoms with Crippen LogP contribution in [0.1, 0.15) is 43.0 Å². The van der Waals surface area contributed by atoms with Crippen molar-refractivity contribution in [3.63, 3.8) is 0 Å². The van der Waals surface area contributed by atoms with E-state index in [0.717, 1.165) is 25.7 Å². The molecule has 0 aromatic heterocycles. The number of piperidine rings is 1. The normalized spacial score (nSPS) is 17.9. The van der Waals surface area contributed by atoms with Crippen LogP contribution in [-0.4, -0.2) is 36.0 Å². The molecule has 23 heavy (non-hydrogen) atoms. The van der Waals surface area contributed by atoms with Gasteiger partial charge in [0.05, 0.1) is 16.3 Å². The average Bonchev–Trinajstić information content (AvgIpc) is 2.55. The fourth-order valence-electron chi connectivity index (χ4n) is 2.79. The summed E-state index contributed by atoms with van der Waals surface area (Å²) in [6.45, 7) is 2.45. The lowest BCUT2D eigenvalue weighted by Gasteiger charge is -2.35. The van der Waals surface area contributed by atoms with Crippen LogP contribution >= 0.6 is 23.2 Å². The van der Waals surface area contributed by atoms with E-state index >= 15 is 0 Å². The van der Waals surface area contributed by atoms with Gasteiger partial charge in [0.15, 0.2) is 6.61 Å². The summed E-state index contributed by atoms with van der Waals surface area (Å²) in [6, 6.07) is 3.05. The first kappa shape index (κ1) is 17.9. The standard InChI is InChI=1S/C16H20Cl2N2O3/c1-2-11-5-3-4-6-20(11)14(21)9-23-16(22)12-7-10(17)8-13(18)15(12)19/h7-8,11H,2-6,9,19H2,1H3/t11-/m0/s1. The Bertz CT molecular complexity index is 607. The number of carbonyl (C=O) groups is 2. The van der Waals surface area contributed by atoms with Crippen molar-refractivity contribution in [2.45, 2.75) is 38.6 Å². The van der Waals surface area contributed by atoms with Gasteiger partial charge in [-0.15, -0.1) is 0 Å². The van der Waals surface area contributed by atoms with Crippen molar-refractivity contribution in [2.24, 2.45) is 0 Å². The van der Waals surface area contributed by atoms with Gasteiger partial charge in [-0.1, -0.05) is 30.1 Å². The molecule has 1 aliphatic rings. The Morgan fingerprint density at radius 3 is 2.78 bits per heavy atom. The summed E-state index contributed by atoms with van der Waals surface area (Å²) in [5.74, 6) is -0.887. The highest BCUT2D eigenvalue weighted by Gasteiger charge is 2.26. The fourth-order valence-corrected chi connectivity index (χ4v) is 3.29. The second-order valence-electron chi connectivity index (χ2n) is 5.57. The number of benzene rings is 1. The molecule has 0 radical (unpaired) electrons. The molecule has 1 heterocycles. The third kappa shape index (κ3) is 4.30. The molecule has 1 amide bonds. The molecule has 126 valence electrons. The summed E-state index contributed by atoms with van der Waals surface area (Å²) in [6.07, 6.45) is 4.00. The Morgan fingerprint density at radius 1 is 1.35 bits per heavy atom. The lowest BCUT2D eigenvalue weighted by atomic mass is 10.00. The van der Waals surface area contributed by atoms with Gasteiger partial charge < -0.3 is 15.4 Å². The maximum Gasteiger partial charge on any atom is 0.340 e. The zero-order valence-corrected chi connectivity index (χ0v) is 14.5. The van der Waals surface area contributed by atoms with Crippen molar-refractivity contribution in [1.82, 2.24) is 4.90 Å². The van der Waals surface area contributed by atoms with E-state index in [-0.39, 0.29) is 39.9 Å². The molecule has 0 spiro atoms. The van der Waals surface area contributed by atoms with Gasteiger partial charge in [-0.2, -0.15) is 0 Å². The number of rotatable bonds is 4. The van der Waals surface area contributed by atoms with E-state index in [9.17, 15) is 9.59 Å². The van der Waals surface area contributed by atoms with Crippen LogP contribution < -0.4 is 5.73 Å². The molecule has 7 heteroatoms. The first-order valence-corrected chi connectivity index (χ1v) is 8.40. The molecule has 2 N–H and O–H groups in total. The molecule has 1 aromatic rings. The number of nitrogens with zero attached hydrogens (tertiary/aromatic N) is 1. The molecular weight excluding hydrogens is 339 g/mol. The van der Waals surface area contributed by atoms with Gasteiger partial charge in [-0.05, 0) is 37.8 Å². The number of halogens is 2. The number of ether oxygens (including phenoxy) is 1. The Balaban J connectivity index is 2.00. The second-order valence-corrected chi connectivity index (χ2v) is 6.41. The monoisotopic (exact) mass is 358 g/mol. The number of carbonyl (C=O) groups excluding carboxylic acids is 2. The van der Waals surface area contributed by atoms with Gasteiger partial charge in [0, 0.05) is 17.6 Å². The molecule has 0 unspecified atom stereocenters. The second kappa shape index (κ2) is 7.88. The van der Waals surface area contributed by atoms with Crippen LogP contribution in [-0.2, 0) is 9.53 Å². The van der Waals surface area contributed by atoms with Crippen molar-refractivity contribution in [1.29, 1.82) is 0 Å². The summed E-state index contributed by atoms with van der Waals surface area (Å²) >= 11 is 11.8. The zero-order valence-electron chi connectivity index (χ0n) is 13.0. The maximum atomic E-state index is 12.3. The number of anilines is 1. The summed E-state index contributed by atoms with van der Waals surface area (Å²) in [7, 11) is 0. The van der Waals surface area contributed by atoms with Gasteiger partial charge in [-0.3, -0.25) is 4.79 Å². The van der Waals surface area contributed by atoms with E-state index < -0.39 is 5.97 Å². The minimum atomic E-state index is -0.703. The van der Waals surface area contributed by atoms with E-state index in [0.29, 0.717) is 6.54 Å². The molecular formula is C16H20Cl2N2O3. The third-order valence-corrected chi connectivity index (χ3v) is 4.59. The topological polar surface area (TPSA) is 72.6 Å². The molecule has 0 saturated carbocycles. The Hall–Kier alpha value is -1.46. The Kier molecular flexibility index (Phi) is 6.13. The van der Waals surface area contributed by atoms with E-state index in [1.165, 1.54) is 12.1 Å². The number of amides is 1. The first-order chi connectivity index (χ1) is 10.9. The van der Waals surface area contributed by atoms with Gasteiger partial charge in [0.2, 0.25) is 0 Å². The van der Waals surface area contributed by atoms with E-state index in [2.05, 4.69) is 6.92 Å². The summed E-state index contributed by atoms with van der Waals surface area (Å²) < 4.78 is 5.10. The van der Waals surface area contributed by atoms with Gasteiger partial charge in [-0.25, -0.2) is 4.79 Å². The van der Waals surface area contributed by atoms with Gasteiger partial charge in [0.25, 0.3) is 5.91 Å². The van der Waals surface area contributed by atoms with Gasteiger partial charge >= 0.3 is 5.97 Å². The number of hydrogen-bond acceptors (Lipinski definition) is 4. The van der Waals surface area contributed by atoms with Crippen molar-refractivity contribution >= 4 is 40.8 Å². The third-order valence-electron chi connectivity index (χ3n) is 4.06. The van der Waals surface area contributed by atoms with Crippen molar-refractivity contribution in [2.75, 3.05) is 18.9 Å². The van der Waals surface area contributed by atoms with Crippen molar-refractivity contribution < 1.29 is 14.3 Å². The molecule has 1 aliphatic heterocycles. The molecule has 2 rings (SSSR count).